The summed E-state index contributed by atoms with van der Waals surface area (Å²) >= 11 is 0. The lowest BCUT2D eigenvalue weighted by molar-refractivity contribution is 0.415. The van der Waals surface area contributed by atoms with Gasteiger partial charge in [-0.25, -0.2) is 0 Å². The number of hydrogen-bond donors (Lipinski definition) is 1. The molecular formula is C14H11N3O2. The van der Waals surface area contributed by atoms with E-state index in [4.69, 9.17) is 4.74 Å². The summed E-state index contributed by atoms with van der Waals surface area (Å²) in [7, 11) is 1.62. The molecule has 5 nitrogen and oxygen atoms in total. The third kappa shape index (κ3) is 1.95. The standard InChI is InChI=1S/C14H11N3O2/c1-19-10-6-4-9(5-7-10)12-13-11(3-2-8-15-13)14(18)17-16-12/h2-8,15H,1H3. The van der Waals surface area contributed by atoms with Crippen LogP contribution in [0.5, 0.6) is 5.75 Å². The molecule has 1 aromatic carbocycles. The Hall–Kier alpha value is -2.69. The normalized spacial score (nSPS) is 10.6. The number of aromatic nitrogens is 3. The molecule has 2 aliphatic rings. The molecule has 5 heteroatoms. The van der Waals surface area contributed by atoms with Crippen molar-refractivity contribution in [2.24, 2.45) is 0 Å². The van der Waals surface area contributed by atoms with E-state index >= 15 is 0 Å². The van der Waals surface area contributed by atoms with Crippen LogP contribution in [0, 0.1) is 0 Å². The highest BCUT2D eigenvalue weighted by molar-refractivity contribution is 5.77. The number of pyridine rings is 1. The van der Waals surface area contributed by atoms with Crippen LogP contribution in [0.15, 0.2) is 47.4 Å². The summed E-state index contributed by atoms with van der Waals surface area (Å²) < 4.78 is 5.12. The fourth-order valence-corrected chi connectivity index (χ4v) is 1.96. The highest BCUT2D eigenvalue weighted by Crippen LogP contribution is 2.27. The van der Waals surface area contributed by atoms with Gasteiger partial charge in [0.25, 0.3) is 5.56 Å². The Labute approximate surface area is 109 Å². The maximum Gasteiger partial charge on any atom is 0.297 e. The molecular weight excluding hydrogens is 242 g/mol. The summed E-state index contributed by atoms with van der Waals surface area (Å²) in [5, 5.41) is 7.67. The highest BCUT2D eigenvalue weighted by atomic mass is 16.5. The third-order valence-corrected chi connectivity index (χ3v) is 2.93. The minimum absolute atomic E-state index is 0.330. The van der Waals surface area contributed by atoms with Crippen LogP contribution in [-0.2, 0) is 0 Å². The first-order valence-corrected chi connectivity index (χ1v) is 5.78. The van der Waals surface area contributed by atoms with Gasteiger partial charge in [0.05, 0.1) is 18.4 Å². The Morgan fingerprint density at radius 2 is 1.89 bits per heavy atom. The van der Waals surface area contributed by atoms with Gasteiger partial charge in [-0.15, -0.1) is 10.2 Å². The van der Waals surface area contributed by atoms with Gasteiger partial charge in [0.1, 0.15) is 11.4 Å². The minimum atomic E-state index is -0.330. The van der Waals surface area contributed by atoms with Gasteiger partial charge in [-0.05, 0) is 36.4 Å². The number of aromatic amines is 1. The Kier molecular flexibility index (Phi) is 2.72. The van der Waals surface area contributed by atoms with Crippen LogP contribution in [0.25, 0.3) is 22.5 Å². The van der Waals surface area contributed by atoms with Gasteiger partial charge in [-0.2, -0.15) is 0 Å². The lowest BCUT2D eigenvalue weighted by Gasteiger charge is -2.09. The van der Waals surface area contributed by atoms with Gasteiger partial charge in [-0.1, -0.05) is 0 Å². The molecule has 0 saturated carbocycles. The average Bonchev–Trinajstić information content (AvgIpc) is 2.48. The molecule has 3 rings (SSSR count). The highest BCUT2D eigenvalue weighted by Gasteiger charge is 2.15. The van der Waals surface area contributed by atoms with Gasteiger partial charge in [-0.3, -0.25) is 4.79 Å². The van der Waals surface area contributed by atoms with Gasteiger partial charge in [0.15, 0.2) is 0 Å². The summed E-state index contributed by atoms with van der Waals surface area (Å²) in [4.78, 5) is 14.7. The quantitative estimate of drug-likeness (QED) is 0.758. The molecule has 0 unspecified atom stereocenters. The molecule has 0 atom stereocenters. The van der Waals surface area contributed by atoms with E-state index in [2.05, 4.69) is 15.2 Å². The van der Waals surface area contributed by atoms with Crippen LogP contribution in [0.4, 0.5) is 0 Å². The predicted octanol–water partition coefficient (Wildman–Crippen LogP) is 1.95. The Balaban J connectivity index is 2.20. The van der Waals surface area contributed by atoms with Gasteiger partial charge < -0.3 is 9.72 Å². The summed E-state index contributed by atoms with van der Waals surface area (Å²) in [5.41, 5.74) is 2.42. The maximum absolute atomic E-state index is 11.6. The molecule has 0 fully saturated rings. The largest absolute Gasteiger partial charge is 0.497 e. The lowest BCUT2D eigenvalue weighted by Crippen LogP contribution is -2.14. The SMILES string of the molecule is COc1ccc(-c2nnc(=O)c3ccc[nH]c2-3)cc1. The van der Waals surface area contributed by atoms with Crippen LogP contribution in [0.3, 0.4) is 0 Å². The van der Waals surface area contributed by atoms with E-state index in [0.717, 1.165) is 11.3 Å². The first kappa shape index (κ1) is 11.4. The topological polar surface area (TPSA) is 67.9 Å². The number of fused-ring (bicyclic) bond motifs is 1. The molecule has 1 N–H and O–H groups in total. The minimum Gasteiger partial charge on any atom is -0.497 e. The molecule has 0 aliphatic carbocycles. The van der Waals surface area contributed by atoms with E-state index in [-0.39, 0.29) is 5.56 Å². The van der Waals surface area contributed by atoms with E-state index in [1.165, 1.54) is 0 Å². The zero-order valence-electron chi connectivity index (χ0n) is 10.3. The number of hydrogen-bond acceptors (Lipinski definition) is 4. The van der Waals surface area contributed by atoms with Crippen molar-refractivity contribution in [3.05, 3.63) is 52.9 Å². The van der Waals surface area contributed by atoms with E-state index in [9.17, 15) is 4.79 Å². The second-order valence-electron chi connectivity index (χ2n) is 4.04. The number of ether oxygens (including phenoxy) is 1. The van der Waals surface area contributed by atoms with Crippen molar-refractivity contribution in [2.45, 2.75) is 0 Å². The maximum atomic E-state index is 11.6. The van der Waals surface area contributed by atoms with Crippen molar-refractivity contribution in [3.63, 3.8) is 0 Å². The Morgan fingerprint density at radius 3 is 2.63 bits per heavy atom. The van der Waals surface area contributed by atoms with Crippen molar-refractivity contribution < 1.29 is 4.74 Å². The molecule has 94 valence electrons. The lowest BCUT2D eigenvalue weighted by atomic mass is 10.0. The molecule has 0 amide bonds. The average molecular weight is 253 g/mol. The van der Waals surface area contributed by atoms with Crippen LogP contribution in [0.2, 0.25) is 0 Å². The van der Waals surface area contributed by atoms with Crippen LogP contribution < -0.4 is 10.3 Å². The fraction of sp³-hybridized carbons (Fsp3) is 0.0714. The van der Waals surface area contributed by atoms with Gasteiger partial charge >= 0.3 is 0 Å². The van der Waals surface area contributed by atoms with Crippen molar-refractivity contribution in [2.75, 3.05) is 7.11 Å². The number of methoxy groups -OCH3 is 1. The van der Waals surface area contributed by atoms with Gasteiger partial charge in [0, 0.05) is 11.8 Å². The molecule has 0 spiro atoms. The number of benzene rings is 1. The van der Waals surface area contributed by atoms with Crippen molar-refractivity contribution in [1.82, 2.24) is 15.2 Å². The smallest absolute Gasteiger partial charge is 0.297 e. The number of nitrogens with one attached hydrogen (secondary N) is 1. The van der Waals surface area contributed by atoms with Crippen molar-refractivity contribution >= 4 is 0 Å². The van der Waals surface area contributed by atoms with E-state index < -0.39 is 0 Å². The first-order chi connectivity index (χ1) is 9.29. The summed E-state index contributed by atoms with van der Waals surface area (Å²) in [5.74, 6) is 0.769. The van der Waals surface area contributed by atoms with Gasteiger partial charge in [0.2, 0.25) is 0 Å². The second-order valence-corrected chi connectivity index (χ2v) is 4.04. The molecule has 19 heavy (non-hydrogen) atoms. The molecule has 0 aromatic heterocycles. The molecule has 1 aromatic rings. The summed E-state index contributed by atoms with van der Waals surface area (Å²) in [6.45, 7) is 0. The molecule has 2 aliphatic heterocycles. The molecule has 2 heterocycles. The second kappa shape index (κ2) is 4.53. The first-order valence-electron chi connectivity index (χ1n) is 5.78. The van der Waals surface area contributed by atoms with Crippen molar-refractivity contribution in [3.8, 4) is 28.3 Å². The number of rotatable bonds is 2. The van der Waals surface area contributed by atoms with E-state index in [1.807, 2.05) is 24.3 Å². The van der Waals surface area contributed by atoms with Crippen molar-refractivity contribution in [1.29, 1.82) is 0 Å². The Bertz CT molecular complexity index is 734. The summed E-state index contributed by atoms with van der Waals surface area (Å²) in [6, 6.07) is 11.0. The van der Waals surface area contributed by atoms with Crippen LogP contribution in [0.1, 0.15) is 0 Å². The monoisotopic (exact) mass is 253 g/mol. The Morgan fingerprint density at radius 1 is 1.11 bits per heavy atom. The molecule has 0 saturated heterocycles. The van der Waals surface area contributed by atoms with E-state index in [1.54, 1.807) is 25.4 Å². The molecule has 0 bridgehead atoms. The number of nitrogens with zero attached hydrogens (tertiary/aromatic N) is 2. The zero-order valence-corrected chi connectivity index (χ0v) is 10.3. The summed E-state index contributed by atoms with van der Waals surface area (Å²) in [6.07, 6.45) is 1.76. The predicted molar refractivity (Wildman–Crippen MR) is 71.3 cm³/mol. The fourth-order valence-electron chi connectivity index (χ4n) is 1.96. The van der Waals surface area contributed by atoms with E-state index in [0.29, 0.717) is 17.0 Å². The van der Waals surface area contributed by atoms with Crippen LogP contribution in [-0.4, -0.2) is 22.3 Å². The molecule has 0 radical (unpaired) electrons. The number of H-pyrrole nitrogens is 1. The zero-order chi connectivity index (χ0) is 13.2. The third-order valence-electron chi connectivity index (χ3n) is 2.93. The van der Waals surface area contributed by atoms with Crippen LogP contribution >= 0.6 is 0 Å².